The van der Waals surface area contributed by atoms with Crippen molar-refractivity contribution in [3.8, 4) is 0 Å². The summed E-state index contributed by atoms with van der Waals surface area (Å²) >= 11 is 5.76. The van der Waals surface area contributed by atoms with Crippen LogP contribution in [0.1, 0.15) is 18.9 Å². The van der Waals surface area contributed by atoms with Crippen molar-refractivity contribution in [3.63, 3.8) is 0 Å². The quantitative estimate of drug-likeness (QED) is 0.770. The zero-order valence-electron chi connectivity index (χ0n) is 12.2. The van der Waals surface area contributed by atoms with Gasteiger partial charge in [0.2, 0.25) is 5.91 Å². The monoisotopic (exact) mass is 347 g/mol. The van der Waals surface area contributed by atoms with Crippen LogP contribution in [0, 0.1) is 0 Å². The lowest BCUT2D eigenvalue weighted by Crippen LogP contribution is -2.39. The molecule has 1 aromatic carbocycles. The van der Waals surface area contributed by atoms with Gasteiger partial charge >= 0.3 is 5.97 Å². The Labute approximate surface area is 134 Å². The molecule has 1 aromatic rings. The third kappa shape index (κ3) is 6.44. The fourth-order valence-corrected chi connectivity index (χ4v) is 3.32. The number of rotatable bonds is 8. The Balaban J connectivity index is 2.85. The molecule has 0 fully saturated rings. The Morgan fingerprint density at radius 1 is 1.23 bits per heavy atom. The summed E-state index contributed by atoms with van der Waals surface area (Å²) in [6, 6.07) is 6.55. The normalized spacial score (nSPS) is 11.2. The maximum Gasteiger partial charge on any atom is 0.323 e. The average molecular weight is 348 g/mol. The lowest BCUT2D eigenvalue weighted by atomic mass is 10.2. The summed E-state index contributed by atoms with van der Waals surface area (Å²) in [7, 11) is -3.52. The van der Waals surface area contributed by atoms with Crippen LogP contribution in [0.2, 0.25) is 5.02 Å². The van der Waals surface area contributed by atoms with Crippen LogP contribution in [0.4, 0.5) is 0 Å². The highest BCUT2D eigenvalue weighted by Crippen LogP contribution is 2.12. The zero-order valence-corrected chi connectivity index (χ0v) is 13.7. The second-order valence-electron chi connectivity index (χ2n) is 4.86. The maximum atomic E-state index is 12.1. The Morgan fingerprint density at radius 2 is 1.82 bits per heavy atom. The topological polar surface area (TPSA) is 91.8 Å². The molecule has 8 heteroatoms. The molecule has 0 saturated heterocycles. The number of halogens is 1. The molecule has 1 rings (SSSR count). The second kappa shape index (κ2) is 8.14. The number of carboxylic acids is 1. The van der Waals surface area contributed by atoms with Gasteiger partial charge in [0.25, 0.3) is 0 Å². The number of hydrogen-bond acceptors (Lipinski definition) is 4. The molecule has 0 atom stereocenters. The van der Waals surface area contributed by atoms with Crippen molar-refractivity contribution >= 4 is 33.3 Å². The molecular formula is C14H18ClNO5S. The summed E-state index contributed by atoms with van der Waals surface area (Å²) < 4.78 is 23.4. The summed E-state index contributed by atoms with van der Waals surface area (Å²) in [5, 5.41) is 9.41. The van der Waals surface area contributed by atoms with Gasteiger partial charge in [-0.1, -0.05) is 30.7 Å². The molecule has 0 radical (unpaired) electrons. The minimum absolute atomic E-state index is 0.0178. The number of nitrogens with zero attached hydrogens (tertiary/aromatic N) is 1. The van der Waals surface area contributed by atoms with Gasteiger partial charge in [-0.2, -0.15) is 0 Å². The summed E-state index contributed by atoms with van der Waals surface area (Å²) in [5.74, 6) is -2.69. The van der Waals surface area contributed by atoms with Crippen LogP contribution in [-0.4, -0.2) is 48.4 Å². The van der Waals surface area contributed by atoms with Crippen molar-refractivity contribution in [2.75, 3.05) is 18.1 Å². The Bertz CT molecular complexity index is 627. The minimum Gasteiger partial charge on any atom is -0.480 e. The van der Waals surface area contributed by atoms with Crippen LogP contribution in [0.3, 0.4) is 0 Å². The van der Waals surface area contributed by atoms with E-state index in [1.54, 1.807) is 31.2 Å². The molecule has 1 amide bonds. The molecule has 0 aliphatic carbocycles. The van der Waals surface area contributed by atoms with Crippen molar-refractivity contribution in [2.24, 2.45) is 0 Å². The van der Waals surface area contributed by atoms with Gasteiger partial charge in [-0.3, -0.25) is 9.59 Å². The van der Waals surface area contributed by atoms with E-state index in [1.165, 1.54) is 0 Å². The van der Waals surface area contributed by atoms with E-state index in [4.69, 9.17) is 16.7 Å². The molecule has 0 aliphatic heterocycles. The van der Waals surface area contributed by atoms with Crippen molar-refractivity contribution < 1.29 is 23.1 Å². The van der Waals surface area contributed by atoms with Crippen LogP contribution >= 0.6 is 11.6 Å². The van der Waals surface area contributed by atoms with Crippen molar-refractivity contribution in [2.45, 2.75) is 19.9 Å². The average Bonchev–Trinajstić information content (AvgIpc) is 2.39. The second-order valence-corrected chi connectivity index (χ2v) is 7.48. The van der Waals surface area contributed by atoms with Crippen LogP contribution in [0.15, 0.2) is 24.3 Å². The number of hydrogen-bond donors (Lipinski definition) is 1. The number of amides is 1. The highest BCUT2D eigenvalue weighted by atomic mass is 35.5. The van der Waals surface area contributed by atoms with E-state index in [9.17, 15) is 18.0 Å². The Kier molecular flexibility index (Phi) is 6.83. The first-order valence-electron chi connectivity index (χ1n) is 6.68. The van der Waals surface area contributed by atoms with Gasteiger partial charge in [0.05, 0.1) is 5.75 Å². The largest absolute Gasteiger partial charge is 0.480 e. The summed E-state index contributed by atoms with van der Waals surface area (Å²) in [6.45, 7) is 1.16. The number of benzene rings is 1. The van der Waals surface area contributed by atoms with Crippen molar-refractivity contribution in [1.82, 2.24) is 4.90 Å². The van der Waals surface area contributed by atoms with E-state index in [0.717, 1.165) is 4.90 Å². The van der Waals surface area contributed by atoms with Crippen LogP contribution < -0.4 is 0 Å². The van der Waals surface area contributed by atoms with Gasteiger partial charge in [-0.05, 0) is 24.1 Å². The number of aliphatic carboxylic acids is 1. The lowest BCUT2D eigenvalue weighted by molar-refractivity contribution is -0.143. The minimum atomic E-state index is -3.52. The van der Waals surface area contributed by atoms with Crippen LogP contribution in [-0.2, 0) is 26.0 Å². The molecule has 6 nitrogen and oxygen atoms in total. The summed E-state index contributed by atoms with van der Waals surface area (Å²) in [4.78, 5) is 24.0. The molecule has 122 valence electrons. The third-order valence-corrected chi connectivity index (χ3v) is 4.79. The first-order chi connectivity index (χ1) is 10.2. The molecule has 0 aliphatic rings. The molecule has 0 heterocycles. The highest BCUT2D eigenvalue weighted by molar-refractivity contribution is 7.92. The molecule has 0 spiro atoms. The third-order valence-electron chi connectivity index (χ3n) is 2.82. The van der Waals surface area contributed by atoms with Gasteiger partial charge in [0, 0.05) is 11.6 Å². The molecule has 0 bridgehead atoms. The van der Waals surface area contributed by atoms with Crippen LogP contribution in [0.5, 0.6) is 0 Å². The summed E-state index contributed by atoms with van der Waals surface area (Å²) in [5.41, 5.74) is 0.673. The predicted molar refractivity (Wildman–Crippen MR) is 83.4 cm³/mol. The number of carbonyl (C=O) groups is 2. The fourth-order valence-electron chi connectivity index (χ4n) is 1.87. The lowest BCUT2D eigenvalue weighted by Gasteiger charge is -2.21. The highest BCUT2D eigenvalue weighted by Gasteiger charge is 2.23. The molecule has 0 aromatic heterocycles. The molecular weight excluding hydrogens is 330 g/mol. The van der Waals surface area contributed by atoms with E-state index in [2.05, 4.69) is 0 Å². The van der Waals surface area contributed by atoms with Gasteiger partial charge in [0.1, 0.15) is 12.3 Å². The smallest absolute Gasteiger partial charge is 0.323 e. The first-order valence-corrected chi connectivity index (χ1v) is 8.88. The number of carboxylic acid groups (broad SMARTS) is 1. The molecule has 22 heavy (non-hydrogen) atoms. The standard InChI is InChI=1S/C14H18ClNO5S/c1-2-7-22(20,21)10-13(17)16(9-14(18)19)8-11-3-5-12(15)6-4-11/h3-6H,2,7-10H2,1H3,(H,18,19). The van der Waals surface area contributed by atoms with Crippen LogP contribution in [0.25, 0.3) is 0 Å². The van der Waals surface area contributed by atoms with Crippen molar-refractivity contribution in [3.05, 3.63) is 34.9 Å². The number of sulfone groups is 1. The van der Waals surface area contributed by atoms with Gasteiger partial charge in [-0.15, -0.1) is 0 Å². The SMILES string of the molecule is CCCS(=O)(=O)CC(=O)N(CC(=O)O)Cc1ccc(Cl)cc1. The van der Waals surface area contributed by atoms with Gasteiger partial charge < -0.3 is 10.0 Å². The first kappa shape index (κ1) is 18.4. The van der Waals surface area contributed by atoms with E-state index in [1.807, 2.05) is 0 Å². The Hall–Kier alpha value is -1.60. The molecule has 1 N–H and O–H groups in total. The van der Waals surface area contributed by atoms with E-state index in [0.29, 0.717) is 17.0 Å². The van der Waals surface area contributed by atoms with E-state index < -0.39 is 34.0 Å². The van der Waals surface area contributed by atoms with E-state index in [-0.39, 0.29) is 12.3 Å². The Morgan fingerprint density at radius 3 is 2.32 bits per heavy atom. The summed E-state index contributed by atoms with van der Waals surface area (Å²) in [6.07, 6.45) is 0.408. The van der Waals surface area contributed by atoms with Gasteiger partial charge in [-0.25, -0.2) is 8.42 Å². The van der Waals surface area contributed by atoms with E-state index >= 15 is 0 Å². The van der Waals surface area contributed by atoms with Gasteiger partial charge in [0.15, 0.2) is 9.84 Å². The molecule has 0 unspecified atom stereocenters. The fraction of sp³-hybridized carbons (Fsp3) is 0.429. The zero-order chi connectivity index (χ0) is 16.8. The molecule has 0 saturated carbocycles. The van der Waals surface area contributed by atoms with Crippen molar-refractivity contribution in [1.29, 1.82) is 0 Å². The number of carbonyl (C=O) groups excluding carboxylic acids is 1. The maximum absolute atomic E-state index is 12.1. The predicted octanol–water partition coefficient (Wildman–Crippen LogP) is 1.58.